The van der Waals surface area contributed by atoms with Gasteiger partial charge in [0.05, 0.1) is 17.0 Å². The number of hydrogen-bond acceptors (Lipinski definition) is 2. The van der Waals surface area contributed by atoms with E-state index < -0.39 is 0 Å². The normalized spacial score (nSPS) is 22.9. The molecule has 0 saturated heterocycles. The molecule has 2 rings (SSSR count). The van der Waals surface area contributed by atoms with E-state index in [-0.39, 0.29) is 23.6 Å². The molecule has 2 nitrogen and oxygen atoms in total. The third kappa shape index (κ3) is 2.26. The Bertz CT molecular complexity index is 419. The third-order valence-electron chi connectivity index (χ3n) is 2.75. The van der Waals surface area contributed by atoms with Crippen molar-refractivity contribution in [1.29, 1.82) is 0 Å². The van der Waals surface area contributed by atoms with E-state index in [1.54, 1.807) is 19.1 Å². The van der Waals surface area contributed by atoms with Gasteiger partial charge in [0, 0.05) is 0 Å². The lowest BCUT2D eigenvalue weighted by molar-refractivity contribution is -0.144. The van der Waals surface area contributed by atoms with E-state index in [1.807, 2.05) is 0 Å². The molecule has 2 atom stereocenters. The molecule has 0 amide bonds. The van der Waals surface area contributed by atoms with Crippen LogP contribution in [0.3, 0.4) is 0 Å². The average Bonchev–Trinajstić information content (AvgIpc) is 3.02. The van der Waals surface area contributed by atoms with Crippen LogP contribution in [0.25, 0.3) is 0 Å². The van der Waals surface area contributed by atoms with E-state index in [9.17, 15) is 9.18 Å². The summed E-state index contributed by atoms with van der Waals surface area (Å²) in [6.07, 6.45) is 0.802. The van der Waals surface area contributed by atoms with Crippen molar-refractivity contribution in [2.45, 2.75) is 19.3 Å². The molecule has 1 fully saturated rings. The molecule has 0 unspecified atom stereocenters. The van der Waals surface area contributed by atoms with Crippen LogP contribution < -0.4 is 0 Å². The Kier molecular flexibility index (Phi) is 3.28. The minimum atomic E-state index is -0.280. The molecule has 86 valence electrons. The maximum absolute atomic E-state index is 13.0. The molecular formula is C12H12BrFO2. The van der Waals surface area contributed by atoms with Crippen LogP contribution >= 0.6 is 15.9 Å². The molecule has 4 heteroatoms. The van der Waals surface area contributed by atoms with E-state index in [1.165, 1.54) is 6.07 Å². The monoisotopic (exact) mass is 286 g/mol. The summed E-state index contributed by atoms with van der Waals surface area (Å²) in [6.45, 7) is 2.21. The van der Waals surface area contributed by atoms with Crippen LogP contribution in [-0.4, -0.2) is 12.6 Å². The van der Waals surface area contributed by atoms with Gasteiger partial charge in [-0.2, -0.15) is 0 Å². The molecule has 0 radical (unpaired) electrons. The van der Waals surface area contributed by atoms with Gasteiger partial charge in [0.1, 0.15) is 5.82 Å². The van der Waals surface area contributed by atoms with Crippen LogP contribution in [0.2, 0.25) is 0 Å². The predicted molar refractivity (Wildman–Crippen MR) is 61.6 cm³/mol. The lowest BCUT2D eigenvalue weighted by Gasteiger charge is -2.02. The fraction of sp³-hybridized carbons (Fsp3) is 0.417. The summed E-state index contributed by atoms with van der Waals surface area (Å²) >= 11 is 3.14. The fourth-order valence-electron chi connectivity index (χ4n) is 1.82. The Morgan fingerprint density at radius 1 is 1.62 bits per heavy atom. The average molecular weight is 287 g/mol. The maximum atomic E-state index is 13.0. The lowest BCUT2D eigenvalue weighted by atomic mass is 10.1. The van der Waals surface area contributed by atoms with Crippen molar-refractivity contribution in [2.24, 2.45) is 5.92 Å². The molecule has 1 saturated carbocycles. The van der Waals surface area contributed by atoms with E-state index in [2.05, 4.69) is 15.9 Å². The van der Waals surface area contributed by atoms with Crippen LogP contribution in [0.1, 0.15) is 24.8 Å². The molecule has 0 spiro atoms. The van der Waals surface area contributed by atoms with Crippen molar-refractivity contribution in [3.8, 4) is 0 Å². The van der Waals surface area contributed by atoms with Gasteiger partial charge in [0.15, 0.2) is 0 Å². The SMILES string of the molecule is CCOC(=O)[C@@H]1C[C@H]1c1ccc(F)c(Br)c1. The topological polar surface area (TPSA) is 26.3 Å². The van der Waals surface area contributed by atoms with Gasteiger partial charge in [-0.15, -0.1) is 0 Å². The van der Waals surface area contributed by atoms with Crippen molar-refractivity contribution in [3.05, 3.63) is 34.1 Å². The molecule has 0 heterocycles. The van der Waals surface area contributed by atoms with Gasteiger partial charge in [-0.05, 0) is 52.9 Å². The molecule has 16 heavy (non-hydrogen) atoms. The molecule has 0 aromatic heterocycles. The lowest BCUT2D eigenvalue weighted by Crippen LogP contribution is -2.07. The highest BCUT2D eigenvalue weighted by atomic mass is 79.9. The molecular weight excluding hydrogens is 275 g/mol. The Morgan fingerprint density at radius 2 is 2.38 bits per heavy atom. The maximum Gasteiger partial charge on any atom is 0.309 e. The van der Waals surface area contributed by atoms with Gasteiger partial charge < -0.3 is 4.74 Å². The Balaban J connectivity index is 2.06. The number of carbonyl (C=O) groups excluding carboxylic acids is 1. The summed E-state index contributed by atoms with van der Waals surface area (Å²) in [7, 11) is 0. The molecule has 0 aliphatic heterocycles. The standard InChI is InChI=1S/C12H12BrFO2/c1-2-16-12(15)9-6-8(9)7-3-4-11(14)10(13)5-7/h3-5,8-9H,2,6H2,1H3/t8-,9+/m0/s1. The van der Waals surface area contributed by atoms with Gasteiger partial charge in [-0.25, -0.2) is 4.39 Å². The fourth-order valence-corrected chi connectivity index (χ4v) is 2.21. The van der Waals surface area contributed by atoms with E-state index in [4.69, 9.17) is 4.74 Å². The molecule has 0 N–H and O–H groups in total. The Labute approximate surface area is 102 Å². The van der Waals surface area contributed by atoms with Gasteiger partial charge in [0.2, 0.25) is 0 Å². The van der Waals surface area contributed by atoms with Crippen LogP contribution in [0.5, 0.6) is 0 Å². The summed E-state index contributed by atoms with van der Waals surface area (Å²) in [5.41, 5.74) is 0.992. The second kappa shape index (κ2) is 4.53. The Hall–Kier alpha value is -0.900. The first-order valence-corrected chi connectivity index (χ1v) is 6.04. The van der Waals surface area contributed by atoms with Gasteiger partial charge in [-0.3, -0.25) is 4.79 Å². The highest BCUT2D eigenvalue weighted by Crippen LogP contribution is 2.48. The van der Waals surface area contributed by atoms with Gasteiger partial charge >= 0.3 is 5.97 Å². The molecule has 1 aliphatic rings. The van der Waals surface area contributed by atoms with E-state index >= 15 is 0 Å². The van der Waals surface area contributed by atoms with Crippen molar-refractivity contribution in [1.82, 2.24) is 0 Å². The Morgan fingerprint density at radius 3 is 3.00 bits per heavy atom. The highest BCUT2D eigenvalue weighted by molar-refractivity contribution is 9.10. The number of carbonyl (C=O) groups is 1. The van der Waals surface area contributed by atoms with Crippen molar-refractivity contribution >= 4 is 21.9 Å². The molecule has 1 aliphatic carbocycles. The summed E-state index contributed by atoms with van der Waals surface area (Å²) in [5.74, 6) is -0.279. The first kappa shape index (κ1) is 11.6. The number of hydrogen-bond donors (Lipinski definition) is 0. The number of ether oxygens (including phenoxy) is 1. The van der Waals surface area contributed by atoms with E-state index in [0.29, 0.717) is 11.1 Å². The zero-order valence-corrected chi connectivity index (χ0v) is 10.5. The second-order valence-electron chi connectivity index (χ2n) is 3.87. The number of esters is 1. The number of benzene rings is 1. The first-order chi connectivity index (χ1) is 7.63. The van der Waals surface area contributed by atoms with Crippen LogP contribution in [0.15, 0.2) is 22.7 Å². The zero-order valence-electron chi connectivity index (χ0n) is 8.87. The highest BCUT2D eigenvalue weighted by Gasteiger charge is 2.45. The number of halogens is 2. The molecule has 1 aromatic rings. The van der Waals surface area contributed by atoms with Crippen LogP contribution in [0, 0.1) is 11.7 Å². The quantitative estimate of drug-likeness (QED) is 0.798. The molecule has 1 aromatic carbocycles. The van der Waals surface area contributed by atoms with Crippen molar-refractivity contribution in [3.63, 3.8) is 0 Å². The third-order valence-corrected chi connectivity index (χ3v) is 3.36. The van der Waals surface area contributed by atoms with Gasteiger partial charge in [0.25, 0.3) is 0 Å². The largest absolute Gasteiger partial charge is 0.466 e. The minimum Gasteiger partial charge on any atom is -0.466 e. The van der Waals surface area contributed by atoms with Crippen LogP contribution in [0.4, 0.5) is 4.39 Å². The van der Waals surface area contributed by atoms with Crippen molar-refractivity contribution in [2.75, 3.05) is 6.61 Å². The van der Waals surface area contributed by atoms with Crippen LogP contribution in [-0.2, 0) is 9.53 Å². The minimum absolute atomic E-state index is 0.0442. The molecule has 0 bridgehead atoms. The summed E-state index contributed by atoms with van der Waals surface area (Å²) in [5, 5.41) is 0. The summed E-state index contributed by atoms with van der Waals surface area (Å²) < 4.78 is 18.4. The number of rotatable bonds is 3. The predicted octanol–water partition coefficient (Wildman–Crippen LogP) is 3.25. The summed E-state index contributed by atoms with van der Waals surface area (Å²) in [4.78, 5) is 11.4. The summed E-state index contributed by atoms with van der Waals surface area (Å²) in [6, 6.07) is 4.88. The second-order valence-corrected chi connectivity index (χ2v) is 4.73. The van der Waals surface area contributed by atoms with Crippen molar-refractivity contribution < 1.29 is 13.9 Å². The first-order valence-electron chi connectivity index (χ1n) is 5.25. The van der Waals surface area contributed by atoms with Gasteiger partial charge in [-0.1, -0.05) is 6.07 Å². The van der Waals surface area contributed by atoms with E-state index in [0.717, 1.165) is 12.0 Å². The smallest absolute Gasteiger partial charge is 0.309 e. The zero-order chi connectivity index (χ0) is 11.7.